The van der Waals surface area contributed by atoms with E-state index >= 15 is 0 Å². The smallest absolute Gasteiger partial charge is 0.161 e. The SMILES string of the molecule is CC(C)Cc1nc(-c2ccccc2)nc(Cl)c1I. The summed E-state index contributed by atoms with van der Waals surface area (Å²) in [6, 6.07) is 9.93. The largest absolute Gasteiger partial charge is 0.232 e. The molecule has 0 radical (unpaired) electrons. The summed E-state index contributed by atoms with van der Waals surface area (Å²) in [7, 11) is 0. The summed E-state index contributed by atoms with van der Waals surface area (Å²) >= 11 is 8.41. The molecule has 0 unspecified atom stereocenters. The third kappa shape index (κ3) is 3.20. The molecule has 0 atom stereocenters. The van der Waals surface area contributed by atoms with Crippen molar-refractivity contribution >= 4 is 34.2 Å². The third-order valence-corrected chi connectivity index (χ3v) is 4.24. The summed E-state index contributed by atoms with van der Waals surface area (Å²) in [6.45, 7) is 4.35. The van der Waals surface area contributed by atoms with Gasteiger partial charge in [-0.05, 0) is 34.9 Å². The van der Waals surface area contributed by atoms with Crippen molar-refractivity contribution in [2.24, 2.45) is 5.92 Å². The van der Waals surface area contributed by atoms with Gasteiger partial charge in [0.1, 0.15) is 5.15 Å². The van der Waals surface area contributed by atoms with Crippen LogP contribution in [0.5, 0.6) is 0 Å². The van der Waals surface area contributed by atoms with Crippen LogP contribution >= 0.6 is 34.2 Å². The first-order chi connectivity index (χ1) is 8.58. The van der Waals surface area contributed by atoms with Gasteiger partial charge in [0.2, 0.25) is 0 Å². The number of aromatic nitrogens is 2. The minimum Gasteiger partial charge on any atom is -0.232 e. The van der Waals surface area contributed by atoms with Crippen molar-refractivity contribution in [1.82, 2.24) is 9.97 Å². The summed E-state index contributed by atoms with van der Waals surface area (Å²) in [6.07, 6.45) is 0.917. The highest BCUT2D eigenvalue weighted by Crippen LogP contribution is 2.25. The molecule has 0 aliphatic rings. The molecule has 0 aliphatic carbocycles. The van der Waals surface area contributed by atoms with Crippen molar-refractivity contribution in [3.8, 4) is 11.4 Å². The Labute approximate surface area is 126 Å². The molecule has 2 aromatic rings. The first-order valence-corrected chi connectivity index (χ1v) is 7.31. The van der Waals surface area contributed by atoms with E-state index in [1.165, 1.54) is 0 Å². The zero-order chi connectivity index (χ0) is 13.1. The van der Waals surface area contributed by atoms with Gasteiger partial charge in [0.05, 0.1) is 9.26 Å². The number of hydrogen-bond donors (Lipinski definition) is 0. The Hall–Kier alpha value is -0.680. The molecule has 0 fully saturated rings. The van der Waals surface area contributed by atoms with E-state index in [9.17, 15) is 0 Å². The molecule has 94 valence electrons. The standard InChI is InChI=1S/C14H14ClIN2/c1-9(2)8-11-12(16)13(15)18-14(17-11)10-6-4-3-5-7-10/h3-7,9H,8H2,1-2H3. The van der Waals surface area contributed by atoms with Gasteiger partial charge >= 0.3 is 0 Å². The van der Waals surface area contributed by atoms with Crippen LogP contribution in [0.25, 0.3) is 11.4 Å². The molecule has 0 amide bonds. The van der Waals surface area contributed by atoms with Crippen molar-refractivity contribution in [3.63, 3.8) is 0 Å². The molecule has 0 spiro atoms. The molecule has 0 saturated carbocycles. The van der Waals surface area contributed by atoms with Crippen LogP contribution in [-0.4, -0.2) is 9.97 Å². The molecule has 2 nitrogen and oxygen atoms in total. The highest BCUT2D eigenvalue weighted by Gasteiger charge is 2.12. The van der Waals surface area contributed by atoms with Crippen LogP contribution in [0.4, 0.5) is 0 Å². The summed E-state index contributed by atoms with van der Waals surface area (Å²) in [5.74, 6) is 1.25. The molecule has 0 bridgehead atoms. The lowest BCUT2D eigenvalue weighted by Crippen LogP contribution is -2.04. The maximum Gasteiger partial charge on any atom is 0.161 e. The Kier molecular flexibility index (Phi) is 4.56. The highest BCUT2D eigenvalue weighted by molar-refractivity contribution is 14.1. The maximum absolute atomic E-state index is 6.19. The number of nitrogens with zero attached hydrogens (tertiary/aromatic N) is 2. The first kappa shape index (κ1) is 13.7. The average Bonchev–Trinajstić information content (AvgIpc) is 2.35. The minimum atomic E-state index is 0.542. The Balaban J connectivity index is 2.47. The van der Waals surface area contributed by atoms with Gasteiger partial charge in [0.25, 0.3) is 0 Å². The lowest BCUT2D eigenvalue weighted by atomic mass is 10.1. The molecule has 4 heteroatoms. The molecular weight excluding hydrogens is 359 g/mol. The molecule has 1 aromatic heterocycles. The highest BCUT2D eigenvalue weighted by atomic mass is 127. The van der Waals surface area contributed by atoms with Gasteiger partial charge in [0, 0.05) is 5.56 Å². The second kappa shape index (κ2) is 5.97. The predicted molar refractivity (Wildman–Crippen MR) is 83.7 cm³/mol. The van der Waals surface area contributed by atoms with Crippen LogP contribution in [0.2, 0.25) is 5.15 Å². The molecule has 0 N–H and O–H groups in total. The fourth-order valence-electron chi connectivity index (χ4n) is 1.70. The third-order valence-electron chi connectivity index (χ3n) is 2.51. The molecule has 1 heterocycles. The van der Waals surface area contributed by atoms with E-state index in [1.807, 2.05) is 30.3 Å². The van der Waals surface area contributed by atoms with Crippen LogP contribution in [0, 0.1) is 9.49 Å². The van der Waals surface area contributed by atoms with Crippen molar-refractivity contribution < 1.29 is 0 Å². The summed E-state index contributed by atoms with van der Waals surface area (Å²) < 4.78 is 0.961. The van der Waals surface area contributed by atoms with E-state index in [0.29, 0.717) is 16.9 Å². The van der Waals surface area contributed by atoms with Crippen molar-refractivity contribution in [3.05, 3.63) is 44.7 Å². The Morgan fingerprint density at radius 1 is 1.17 bits per heavy atom. The van der Waals surface area contributed by atoms with Gasteiger partial charge in [-0.1, -0.05) is 55.8 Å². The van der Waals surface area contributed by atoms with Gasteiger partial charge < -0.3 is 0 Å². The number of halogens is 2. The molecule has 18 heavy (non-hydrogen) atoms. The Morgan fingerprint density at radius 3 is 2.44 bits per heavy atom. The van der Waals surface area contributed by atoms with Crippen molar-refractivity contribution in [2.75, 3.05) is 0 Å². The van der Waals surface area contributed by atoms with Gasteiger partial charge in [-0.15, -0.1) is 0 Å². The van der Waals surface area contributed by atoms with Gasteiger partial charge in [0.15, 0.2) is 5.82 Å². The van der Waals surface area contributed by atoms with Crippen LogP contribution in [0.3, 0.4) is 0 Å². The molecule has 1 aromatic carbocycles. The van der Waals surface area contributed by atoms with Crippen LogP contribution in [0.1, 0.15) is 19.5 Å². The van der Waals surface area contributed by atoms with Crippen LogP contribution in [-0.2, 0) is 6.42 Å². The summed E-state index contributed by atoms with van der Waals surface area (Å²) in [4.78, 5) is 9.00. The van der Waals surface area contributed by atoms with E-state index in [4.69, 9.17) is 11.6 Å². The minimum absolute atomic E-state index is 0.542. The zero-order valence-electron chi connectivity index (χ0n) is 10.3. The van der Waals surface area contributed by atoms with Crippen molar-refractivity contribution in [2.45, 2.75) is 20.3 Å². The Bertz CT molecular complexity index is 541. The normalized spacial score (nSPS) is 10.9. The number of hydrogen-bond acceptors (Lipinski definition) is 2. The monoisotopic (exact) mass is 372 g/mol. The molecular formula is C14H14ClIN2. The lowest BCUT2D eigenvalue weighted by Gasteiger charge is -2.10. The van der Waals surface area contributed by atoms with E-state index in [1.54, 1.807) is 0 Å². The van der Waals surface area contributed by atoms with Gasteiger partial charge in [-0.3, -0.25) is 0 Å². The molecule has 0 aliphatic heterocycles. The molecule has 0 saturated heterocycles. The van der Waals surface area contributed by atoms with E-state index in [2.05, 4.69) is 46.4 Å². The second-order valence-corrected chi connectivity index (χ2v) is 6.00. The van der Waals surface area contributed by atoms with Crippen LogP contribution in [0.15, 0.2) is 30.3 Å². The summed E-state index contributed by atoms with van der Waals surface area (Å²) in [5, 5.41) is 0.542. The Morgan fingerprint density at radius 2 is 1.83 bits per heavy atom. The second-order valence-electron chi connectivity index (χ2n) is 4.56. The fraction of sp³-hybridized carbons (Fsp3) is 0.286. The predicted octanol–water partition coefficient (Wildman–Crippen LogP) is 4.60. The van der Waals surface area contributed by atoms with E-state index in [-0.39, 0.29) is 0 Å². The van der Waals surface area contributed by atoms with Gasteiger partial charge in [-0.2, -0.15) is 0 Å². The number of benzene rings is 1. The lowest BCUT2D eigenvalue weighted by molar-refractivity contribution is 0.632. The van der Waals surface area contributed by atoms with Crippen molar-refractivity contribution in [1.29, 1.82) is 0 Å². The van der Waals surface area contributed by atoms with E-state index < -0.39 is 0 Å². The van der Waals surface area contributed by atoms with E-state index in [0.717, 1.165) is 21.2 Å². The quantitative estimate of drug-likeness (QED) is 0.581. The van der Waals surface area contributed by atoms with Crippen LogP contribution < -0.4 is 0 Å². The summed E-state index contributed by atoms with van der Waals surface area (Å²) in [5.41, 5.74) is 2.03. The zero-order valence-corrected chi connectivity index (χ0v) is 13.2. The first-order valence-electron chi connectivity index (χ1n) is 5.85. The number of rotatable bonds is 3. The molecule has 2 rings (SSSR count). The fourth-order valence-corrected chi connectivity index (χ4v) is 2.35. The average molecular weight is 373 g/mol. The topological polar surface area (TPSA) is 25.8 Å². The van der Waals surface area contributed by atoms with Gasteiger partial charge in [-0.25, -0.2) is 9.97 Å². The maximum atomic E-state index is 6.19.